The van der Waals surface area contributed by atoms with Crippen molar-refractivity contribution >= 4 is 5.96 Å². The second kappa shape index (κ2) is 12.0. The van der Waals surface area contributed by atoms with Crippen molar-refractivity contribution in [1.82, 2.24) is 15.8 Å². The lowest BCUT2D eigenvalue weighted by molar-refractivity contribution is 0.287. The molecule has 2 rings (SSSR count). The van der Waals surface area contributed by atoms with Crippen molar-refractivity contribution in [1.29, 1.82) is 0 Å². The van der Waals surface area contributed by atoms with E-state index in [1.54, 1.807) is 7.05 Å². The summed E-state index contributed by atoms with van der Waals surface area (Å²) in [7, 11) is 1.77. The van der Waals surface area contributed by atoms with Gasteiger partial charge in [-0.15, -0.1) is 0 Å². The normalized spacial score (nSPS) is 11.4. The Bertz CT molecular complexity index is 765. The molecule has 1 aromatic heterocycles. The standard InChI is InChI=1S/C22H34N4O3/c1-6-18-17(19(7-2)29-26-18)15-25-22(23-5)24-13-12-16-10-11-20(27-8-3)21(14-16)28-9-4/h10-11,14H,6-9,12-13,15H2,1-5H3,(H2,23,24,25). The molecule has 1 aromatic carbocycles. The van der Waals surface area contributed by atoms with Gasteiger partial charge in [-0.05, 0) is 44.4 Å². The highest BCUT2D eigenvalue weighted by Crippen LogP contribution is 2.28. The fraction of sp³-hybridized carbons (Fsp3) is 0.545. The average molecular weight is 403 g/mol. The summed E-state index contributed by atoms with van der Waals surface area (Å²) < 4.78 is 16.8. The molecule has 0 aliphatic heterocycles. The van der Waals surface area contributed by atoms with Gasteiger partial charge >= 0.3 is 0 Å². The predicted molar refractivity (Wildman–Crippen MR) is 116 cm³/mol. The highest BCUT2D eigenvalue weighted by Gasteiger charge is 2.13. The Morgan fingerprint density at radius 3 is 2.45 bits per heavy atom. The Kier molecular flexibility index (Phi) is 9.34. The van der Waals surface area contributed by atoms with Crippen LogP contribution in [-0.4, -0.2) is 37.9 Å². The summed E-state index contributed by atoms with van der Waals surface area (Å²) >= 11 is 0. The quantitative estimate of drug-likeness (QED) is 0.442. The van der Waals surface area contributed by atoms with E-state index in [2.05, 4.69) is 40.7 Å². The molecular formula is C22H34N4O3. The lowest BCUT2D eigenvalue weighted by Crippen LogP contribution is -2.38. The minimum atomic E-state index is 0.612. The van der Waals surface area contributed by atoms with Crippen molar-refractivity contribution in [2.75, 3.05) is 26.8 Å². The number of ether oxygens (including phenoxy) is 2. The highest BCUT2D eigenvalue weighted by molar-refractivity contribution is 5.79. The van der Waals surface area contributed by atoms with Crippen LogP contribution in [0.15, 0.2) is 27.7 Å². The molecule has 0 aliphatic carbocycles. The summed E-state index contributed by atoms with van der Waals surface area (Å²) in [6.45, 7) is 10.7. The van der Waals surface area contributed by atoms with Crippen molar-refractivity contribution in [3.63, 3.8) is 0 Å². The Balaban J connectivity index is 1.90. The summed E-state index contributed by atoms with van der Waals surface area (Å²) in [6.07, 6.45) is 2.53. The maximum absolute atomic E-state index is 5.71. The number of hydrogen-bond acceptors (Lipinski definition) is 5. The van der Waals surface area contributed by atoms with Gasteiger partial charge in [-0.25, -0.2) is 0 Å². The van der Waals surface area contributed by atoms with Crippen LogP contribution in [0.3, 0.4) is 0 Å². The number of benzene rings is 1. The first-order valence-corrected chi connectivity index (χ1v) is 10.5. The Labute approximate surface area is 173 Å². The molecule has 0 aliphatic rings. The van der Waals surface area contributed by atoms with Gasteiger partial charge < -0.3 is 24.6 Å². The van der Waals surface area contributed by atoms with Gasteiger partial charge in [-0.2, -0.15) is 0 Å². The van der Waals surface area contributed by atoms with E-state index in [4.69, 9.17) is 14.0 Å². The third-order valence-electron chi connectivity index (χ3n) is 4.58. The van der Waals surface area contributed by atoms with Gasteiger partial charge in [0.1, 0.15) is 5.76 Å². The number of hydrogen-bond donors (Lipinski definition) is 2. The molecule has 2 N–H and O–H groups in total. The number of aromatic nitrogens is 1. The van der Waals surface area contributed by atoms with Crippen LogP contribution in [0.25, 0.3) is 0 Å². The highest BCUT2D eigenvalue weighted by atomic mass is 16.5. The molecule has 0 amide bonds. The average Bonchev–Trinajstić information content (AvgIpc) is 3.14. The van der Waals surface area contributed by atoms with Crippen molar-refractivity contribution in [3.05, 3.63) is 40.8 Å². The largest absolute Gasteiger partial charge is 0.490 e. The molecule has 0 radical (unpaired) electrons. The van der Waals surface area contributed by atoms with Crippen molar-refractivity contribution in [3.8, 4) is 11.5 Å². The van der Waals surface area contributed by atoms with E-state index in [0.717, 1.165) is 60.3 Å². The molecule has 0 spiro atoms. The first-order valence-electron chi connectivity index (χ1n) is 10.5. The van der Waals surface area contributed by atoms with Crippen molar-refractivity contribution in [2.45, 2.75) is 53.5 Å². The molecule has 2 aromatic rings. The number of guanidine groups is 1. The summed E-state index contributed by atoms with van der Waals surface area (Å²) in [6, 6.07) is 6.09. The number of nitrogens with one attached hydrogen (secondary N) is 2. The molecule has 7 nitrogen and oxygen atoms in total. The Morgan fingerprint density at radius 1 is 1.03 bits per heavy atom. The van der Waals surface area contributed by atoms with E-state index in [9.17, 15) is 0 Å². The fourth-order valence-electron chi connectivity index (χ4n) is 3.11. The molecule has 0 bridgehead atoms. The van der Waals surface area contributed by atoms with Gasteiger partial charge in [0, 0.05) is 32.1 Å². The molecule has 0 saturated carbocycles. The molecule has 160 valence electrons. The van der Waals surface area contributed by atoms with Gasteiger partial charge in [-0.1, -0.05) is 25.1 Å². The first-order chi connectivity index (χ1) is 14.2. The van der Waals surface area contributed by atoms with Crippen molar-refractivity contribution < 1.29 is 14.0 Å². The Morgan fingerprint density at radius 2 is 1.79 bits per heavy atom. The Hall–Kier alpha value is -2.70. The summed E-state index contributed by atoms with van der Waals surface area (Å²) in [5, 5.41) is 10.9. The number of nitrogens with zero attached hydrogens (tertiary/aromatic N) is 2. The van der Waals surface area contributed by atoms with E-state index in [-0.39, 0.29) is 0 Å². The summed E-state index contributed by atoms with van der Waals surface area (Å²) in [4.78, 5) is 4.31. The van der Waals surface area contributed by atoms with Crippen LogP contribution in [-0.2, 0) is 25.8 Å². The number of aryl methyl sites for hydroxylation is 2. The van der Waals surface area contributed by atoms with Crippen LogP contribution in [0.1, 0.15) is 50.3 Å². The fourth-order valence-corrected chi connectivity index (χ4v) is 3.11. The van der Waals surface area contributed by atoms with E-state index < -0.39 is 0 Å². The monoisotopic (exact) mass is 402 g/mol. The van der Waals surface area contributed by atoms with E-state index in [1.165, 1.54) is 5.56 Å². The second-order valence-corrected chi connectivity index (χ2v) is 6.49. The first kappa shape index (κ1) is 22.6. The summed E-state index contributed by atoms with van der Waals surface area (Å²) in [5.41, 5.74) is 3.31. The van der Waals surface area contributed by atoms with Gasteiger partial charge in [-0.3, -0.25) is 4.99 Å². The molecular weight excluding hydrogens is 368 g/mol. The van der Waals surface area contributed by atoms with Gasteiger partial charge in [0.25, 0.3) is 0 Å². The van der Waals surface area contributed by atoms with E-state index >= 15 is 0 Å². The zero-order valence-corrected chi connectivity index (χ0v) is 18.3. The maximum Gasteiger partial charge on any atom is 0.191 e. The molecule has 0 fully saturated rings. The van der Waals surface area contributed by atoms with E-state index in [1.807, 2.05) is 26.0 Å². The molecule has 7 heteroatoms. The van der Waals surface area contributed by atoms with Crippen LogP contribution in [0.2, 0.25) is 0 Å². The molecule has 0 unspecified atom stereocenters. The zero-order valence-electron chi connectivity index (χ0n) is 18.3. The predicted octanol–water partition coefficient (Wildman–Crippen LogP) is 3.50. The van der Waals surface area contributed by atoms with Crippen LogP contribution in [0.5, 0.6) is 11.5 Å². The molecule has 0 saturated heterocycles. The van der Waals surface area contributed by atoms with Gasteiger partial charge in [0.05, 0.1) is 18.9 Å². The lowest BCUT2D eigenvalue weighted by Gasteiger charge is -2.14. The molecule has 0 atom stereocenters. The van der Waals surface area contributed by atoms with Gasteiger partial charge in [0.2, 0.25) is 0 Å². The van der Waals surface area contributed by atoms with Crippen LogP contribution >= 0.6 is 0 Å². The second-order valence-electron chi connectivity index (χ2n) is 6.49. The van der Waals surface area contributed by atoms with Crippen LogP contribution in [0.4, 0.5) is 0 Å². The van der Waals surface area contributed by atoms with Crippen LogP contribution < -0.4 is 20.1 Å². The minimum absolute atomic E-state index is 0.612. The SMILES string of the molecule is CCOc1ccc(CCNC(=NC)NCc2c(CC)noc2CC)cc1OCC. The number of aliphatic imine (C=N–C) groups is 1. The minimum Gasteiger partial charge on any atom is -0.490 e. The van der Waals surface area contributed by atoms with E-state index in [0.29, 0.717) is 19.8 Å². The van der Waals surface area contributed by atoms with Gasteiger partial charge in [0.15, 0.2) is 17.5 Å². The smallest absolute Gasteiger partial charge is 0.191 e. The third kappa shape index (κ3) is 6.41. The topological polar surface area (TPSA) is 80.9 Å². The van der Waals surface area contributed by atoms with Crippen LogP contribution in [0, 0.1) is 0 Å². The van der Waals surface area contributed by atoms with Crippen molar-refractivity contribution in [2.24, 2.45) is 4.99 Å². The summed E-state index contributed by atoms with van der Waals surface area (Å²) in [5.74, 6) is 3.27. The maximum atomic E-state index is 5.71. The zero-order chi connectivity index (χ0) is 21.1. The number of rotatable bonds is 11. The molecule has 1 heterocycles. The lowest BCUT2D eigenvalue weighted by atomic mass is 10.1. The third-order valence-corrected chi connectivity index (χ3v) is 4.58. The molecule has 29 heavy (non-hydrogen) atoms.